The zero-order valence-electron chi connectivity index (χ0n) is 15.8. The van der Waals surface area contributed by atoms with E-state index in [0.29, 0.717) is 6.42 Å². The smallest absolute Gasteiger partial charge is 0.328 e. The third-order valence-corrected chi connectivity index (χ3v) is 3.83. The summed E-state index contributed by atoms with van der Waals surface area (Å²) in [6, 6.07) is -0.951. The largest absolute Gasteiger partial charge is 0.461 e. The first-order valence-corrected chi connectivity index (χ1v) is 9.23. The molecule has 0 unspecified atom stereocenters. The van der Waals surface area contributed by atoms with Gasteiger partial charge in [0.15, 0.2) is 0 Å². The van der Waals surface area contributed by atoms with Crippen molar-refractivity contribution < 1.29 is 28.6 Å². The number of ketones is 1. The molecule has 8 heteroatoms. The van der Waals surface area contributed by atoms with Gasteiger partial charge in [0.2, 0.25) is 11.7 Å². The van der Waals surface area contributed by atoms with Crippen LogP contribution in [0.5, 0.6) is 0 Å². The Kier molecular flexibility index (Phi) is 9.76. The fourth-order valence-electron chi connectivity index (χ4n) is 2.33. The van der Waals surface area contributed by atoms with Gasteiger partial charge in [0, 0.05) is 6.42 Å². The average molecular weight is 367 g/mol. The van der Waals surface area contributed by atoms with Crippen molar-refractivity contribution >= 4 is 23.9 Å². The molecule has 0 saturated heterocycles. The summed E-state index contributed by atoms with van der Waals surface area (Å²) in [5.74, 6) is -1.40. The molecule has 0 radical (unpaired) electrons. The second kappa shape index (κ2) is 11.5. The van der Waals surface area contributed by atoms with Gasteiger partial charge in [0.25, 0.3) is 0 Å². The quantitative estimate of drug-likeness (QED) is 0.230. The van der Waals surface area contributed by atoms with Gasteiger partial charge in [0.1, 0.15) is 12.1 Å². The van der Waals surface area contributed by atoms with Crippen LogP contribution in [0, 0.1) is 0 Å². The minimum absolute atomic E-state index is 0.0503. The van der Waals surface area contributed by atoms with Crippen LogP contribution in [0.4, 0.5) is 0 Å². The summed E-state index contributed by atoms with van der Waals surface area (Å²) in [6.45, 7) is 5.45. The number of esters is 1. The Morgan fingerprint density at radius 2 is 1.96 bits per heavy atom. The molecule has 8 nitrogen and oxygen atoms in total. The number of ether oxygens (including phenoxy) is 2. The Morgan fingerprint density at radius 1 is 1.27 bits per heavy atom. The van der Waals surface area contributed by atoms with Gasteiger partial charge in [-0.1, -0.05) is 19.8 Å². The van der Waals surface area contributed by atoms with Crippen molar-refractivity contribution in [3.63, 3.8) is 0 Å². The molecule has 1 aliphatic rings. The molecule has 0 aliphatic heterocycles. The Hall–Kier alpha value is -2.05. The standard InChI is InChI=1S/C18H29N3O5/c1-4-5-6-16(26-14-8-9-14)17(23)21-15(18(24)25-12(2)3)10-7-13(22)11-20-19/h11-12,14-16H,4-10H2,1-3H3,(H,21,23)/t15-,16-/m0/s1. The van der Waals surface area contributed by atoms with Crippen molar-refractivity contribution in [3.8, 4) is 0 Å². The Balaban J connectivity index is 2.72. The molecule has 1 amide bonds. The second-order valence-corrected chi connectivity index (χ2v) is 6.76. The zero-order chi connectivity index (χ0) is 19.5. The Morgan fingerprint density at radius 3 is 2.50 bits per heavy atom. The predicted octanol–water partition coefficient (Wildman–Crippen LogP) is 1.81. The van der Waals surface area contributed by atoms with Crippen molar-refractivity contribution in [2.45, 2.75) is 90.1 Å². The van der Waals surface area contributed by atoms with Gasteiger partial charge in [0.05, 0.1) is 12.2 Å². The van der Waals surface area contributed by atoms with Gasteiger partial charge in [-0.3, -0.25) is 9.59 Å². The number of unbranched alkanes of at least 4 members (excludes halogenated alkanes) is 1. The van der Waals surface area contributed by atoms with E-state index in [2.05, 4.69) is 10.1 Å². The van der Waals surface area contributed by atoms with Crippen molar-refractivity contribution in [2.75, 3.05) is 0 Å². The highest BCUT2D eigenvalue weighted by atomic mass is 16.5. The third-order valence-electron chi connectivity index (χ3n) is 3.83. The summed E-state index contributed by atoms with van der Waals surface area (Å²) >= 11 is 0. The summed E-state index contributed by atoms with van der Waals surface area (Å²) in [7, 11) is 0. The molecule has 0 aromatic carbocycles. The minimum Gasteiger partial charge on any atom is -0.461 e. The number of nitrogens with zero attached hydrogens (tertiary/aromatic N) is 2. The first-order chi connectivity index (χ1) is 12.4. The Bertz CT molecular complexity index is 539. The average Bonchev–Trinajstić information content (AvgIpc) is 3.38. The number of carbonyl (C=O) groups is 3. The number of amides is 1. The number of rotatable bonds is 13. The van der Waals surface area contributed by atoms with Gasteiger partial charge in [-0.15, -0.1) is 0 Å². The number of hydrogen-bond donors (Lipinski definition) is 1. The molecule has 1 fully saturated rings. The number of Topliss-reactive ketones (excluding diaryl/α,β-unsaturated/α-hetero) is 1. The fraction of sp³-hybridized carbons (Fsp3) is 0.778. The van der Waals surface area contributed by atoms with Gasteiger partial charge >= 0.3 is 12.2 Å². The minimum atomic E-state index is -0.951. The summed E-state index contributed by atoms with van der Waals surface area (Å²) in [5.41, 5.74) is 8.39. The molecule has 1 rings (SSSR count). The molecule has 1 N–H and O–H groups in total. The summed E-state index contributed by atoms with van der Waals surface area (Å²) in [6.07, 6.45) is 4.22. The maximum atomic E-state index is 12.6. The summed E-state index contributed by atoms with van der Waals surface area (Å²) in [4.78, 5) is 39.0. The van der Waals surface area contributed by atoms with Gasteiger partial charge in [-0.2, -0.15) is 4.79 Å². The van der Waals surface area contributed by atoms with Crippen LogP contribution in [0.2, 0.25) is 0 Å². The van der Waals surface area contributed by atoms with Crippen LogP contribution >= 0.6 is 0 Å². The van der Waals surface area contributed by atoms with E-state index in [-0.39, 0.29) is 31.0 Å². The molecule has 0 aromatic heterocycles. The third kappa shape index (κ3) is 8.87. The maximum Gasteiger partial charge on any atom is 0.328 e. The topological polar surface area (TPSA) is 118 Å². The van der Waals surface area contributed by atoms with E-state index in [4.69, 9.17) is 15.0 Å². The summed E-state index contributed by atoms with van der Waals surface area (Å²) in [5, 5.41) is 2.66. The number of nitrogens with one attached hydrogen (secondary N) is 1. The molecule has 0 bridgehead atoms. The molecular weight excluding hydrogens is 338 g/mol. The van der Waals surface area contributed by atoms with E-state index < -0.39 is 23.9 Å². The molecule has 1 aliphatic carbocycles. The highest BCUT2D eigenvalue weighted by Gasteiger charge is 2.32. The lowest BCUT2D eigenvalue weighted by Gasteiger charge is -2.22. The Labute approximate surface area is 154 Å². The van der Waals surface area contributed by atoms with Crippen LogP contribution in [0.3, 0.4) is 0 Å². The SMILES string of the molecule is CCCC[C@H](OC1CC1)C(=O)N[C@@H](CCC(=O)C=[N+]=[N-])C(=O)OC(C)C. The first kappa shape index (κ1) is 22.0. The molecule has 2 atom stereocenters. The second-order valence-electron chi connectivity index (χ2n) is 6.76. The van der Waals surface area contributed by atoms with Crippen molar-refractivity contribution in [3.05, 3.63) is 5.53 Å². The van der Waals surface area contributed by atoms with E-state index in [1.54, 1.807) is 13.8 Å². The molecular formula is C18H29N3O5. The van der Waals surface area contributed by atoms with E-state index in [9.17, 15) is 14.4 Å². The maximum absolute atomic E-state index is 12.6. The number of carbonyl (C=O) groups excluding carboxylic acids is 3. The van der Waals surface area contributed by atoms with Crippen LogP contribution in [-0.2, 0) is 23.9 Å². The lowest BCUT2D eigenvalue weighted by atomic mass is 10.1. The van der Waals surface area contributed by atoms with Crippen LogP contribution in [0.15, 0.2) is 0 Å². The normalized spacial score (nSPS) is 15.7. The van der Waals surface area contributed by atoms with Gasteiger partial charge in [-0.25, -0.2) is 4.79 Å². The highest BCUT2D eigenvalue weighted by Crippen LogP contribution is 2.26. The van der Waals surface area contributed by atoms with Crippen molar-refractivity contribution in [2.24, 2.45) is 0 Å². The molecule has 0 spiro atoms. The lowest BCUT2D eigenvalue weighted by Crippen LogP contribution is -2.47. The number of hydrogen-bond acceptors (Lipinski definition) is 5. The first-order valence-electron chi connectivity index (χ1n) is 9.23. The van der Waals surface area contributed by atoms with Crippen molar-refractivity contribution in [1.82, 2.24) is 5.32 Å². The zero-order valence-corrected chi connectivity index (χ0v) is 15.8. The molecule has 0 aromatic rings. The van der Waals surface area contributed by atoms with Crippen molar-refractivity contribution in [1.29, 1.82) is 0 Å². The monoisotopic (exact) mass is 367 g/mol. The summed E-state index contributed by atoms with van der Waals surface area (Å²) < 4.78 is 10.9. The van der Waals surface area contributed by atoms with E-state index in [1.165, 1.54) is 0 Å². The molecule has 1 saturated carbocycles. The lowest BCUT2D eigenvalue weighted by molar-refractivity contribution is -0.153. The fourth-order valence-corrected chi connectivity index (χ4v) is 2.33. The van der Waals surface area contributed by atoms with E-state index in [1.807, 2.05) is 6.92 Å². The van der Waals surface area contributed by atoms with E-state index >= 15 is 0 Å². The van der Waals surface area contributed by atoms with Crippen LogP contribution in [0.25, 0.3) is 5.53 Å². The molecule has 0 heterocycles. The highest BCUT2D eigenvalue weighted by molar-refractivity contribution is 6.25. The van der Waals surface area contributed by atoms with Gasteiger partial charge in [-0.05, 0) is 39.5 Å². The van der Waals surface area contributed by atoms with Gasteiger partial charge < -0.3 is 20.3 Å². The van der Waals surface area contributed by atoms with Crippen LogP contribution in [0.1, 0.15) is 65.7 Å². The molecule has 26 heavy (non-hydrogen) atoms. The molecule has 146 valence electrons. The van der Waals surface area contributed by atoms with Crippen LogP contribution in [-0.4, -0.2) is 53.0 Å². The van der Waals surface area contributed by atoms with Crippen LogP contribution < -0.4 is 5.32 Å². The predicted molar refractivity (Wildman–Crippen MR) is 94.5 cm³/mol. The van der Waals surface area contributed by atoms with E-state index in [0.717, 1.165) is 31.9 Å².